The number of aliphatic hydroxyl groups is 1. The van der Waals surface area contributed by atoms with Gasteiger partial charge in [0.15, 0.2) is 5.13 Å². The normalized spacial score (nSPS) is 15.0. The first-order valence-corrected chi connectivity index (χ1v) is 10.5. The van der Waals surface area contributed by atoms with Crippen LogP contribution >= 0.6 is 11.3 Å². The van der Waals surface area contributed by atoms with Crippen molar-refractivity contribution in [2.45, 2.75) is 26.2 Å². The van der Waals surface area contributed by atoms with Crippen LogP contribution in [0.3, 0.4) is 0 Å². The highest BCUT2D eigenvalue weighted by atomic mass is 32.1. The Balaban J connectivity index is 1.49. The summed E-state index contributed by atoms with van der Waals surface area (Å²) >= 11 is 1.70. The van der Waals surface area contributed by atoms with Crippen LogP contribution in [0.5, 0.6) is 0 Å². The van der Waals surface area contributed by atoms with E-state index in [0.29, 0.717) is 6.42 Å². The van der Waals surface area contributed by atoms with Gasteiger partial charge in [0.05, 0.1) is 10.6 Å². The van der Waals surface area contributed by atoms with Crippen LogP contribution in [0.2, 0.25) is 0 Å². The topological polar surface area (TPSA) is 74.2 Å². The Morgan fingerprint density at radius 2 is 2.04 bits per heavy atom. The van der Waals surface area contributed by atoms with Crippen molar-refractivity contribution in [3.05, 3.63) is 48.3 Å². The lowest BCUT2D eigenvalue weighted by atomic mass is 10.00. The average Bonchev–Trinajstić information content (AvgIpc) is 3.20. The van der Waals surface area contributed by atoms with Crippen molar-refractivity contribution in [1.82, 2.24) is 15.0 Å². The molecule has 0 aromatic carbocycles. The molecular weight excluding hydrogens is 370 g/mol. The number of pyridine rings is 2. The van der Waals surface area contributed by atoms with Crippen LogP contribution in [0.1, 0.15) is 25.3 Å². The number of nitrogens with zero attached hydrogens (tertiary/aromatic N) is 4. The summed E-state index contributed by atoms with van der Waals surface area (Å²) in [4.78, 5) is 17.2. The zero-order valence-electron chi connectivity index (χ0n) is 16.0. The number of hydrogen-bond acceptors (Lipinski definition) is 7. The molecule has 0 bridgehead atoms. The number of rotatable bonds is 6. The molecule has 6 nitrogen and oxygen atoms in total. The number of piperidine rings is 1. The number of nitrogens with one attached hydrogen (secondary N) is 1. The molecular formula is C21H25N5OS. The first kappa shape index (κ1) is 18.8. The molecule has 2 N–H and O–H groups in total. The van der Waals surface area contributed by atoms with Crippen LogP contribution in [-0.4, -0.2) is 39.8 Å². The van der Waals surface area contributed by atoms with Gasteiger partial charge in [-0.05, 0) is 55.0 Å². The van der Waals surface area contributed by atoms with Crippen molar-refractivity contribution >= 4 is 28.1 Å². The van der Waals surface area contributed by atoms with Crippen LogP contribution in [0.15, 0.2) is 42.7 Å². The predicted molar refractivity (Wildman–Crippen MR) is 114 cm³/mol. The third kappa shape index (κ3) is 4.48. The Morgan fingerprint density at radius 1 is 1.18 bits per heavy atom. The highest BCUT2D eigenvalue weighted by Crippen LogP contribution is 2.32. The predicted octanol–water partition coefficient (Wildman–Crippen LogP) is 4.11. The van der Waals surface area contributed by atoms with Gasteiger partial charge in [0.2, 0.25) is 0 Å². The Bertz CT molecular complexity index is 920. The van der Waals surface area contributed by atoms with E-state index in [1.54, 1.807) is 17.5 Å². The molecule has 28 heavy (non-hydrogen) atoms. The highest BCUT2D eigenvalue weighted by molar-refractivity contribution is 7.18. The van der Waals surface area contributed by atoms with E-state index in [9.17, 15) is 0 Å². The molecule has 1 saturated heterocycles. The van der Waals surface area contributed by atoms with E-state index in [2.05, 4.69) is 27.1 Å². The van der Waals surface area contributed by atoms with E-state index in [-0.39, 0.29) is 6.61 Å². The third-order valence-corrected chi connectivity index (χ3v) is 6.11. The fraction of sp³-hybridized carbons (Fsp3) is 0.381. The summed E-state index contributed by atoms with van der Waals surface area (Å²) < 4.78 is 0. The zero-order valence-corrected chi connectivity index (χ0v) is 16.8. The molecule has 3 aromatic heterocycles. The van der Waals surface area contributed by atoms with Crippen LogP contribution in [0.4, 0.5) is 16.8 Å². The van der Waals surface area contributed by atoms with E-state index >= 15 is 0 Å². The summed E-state index contributed by atoms with van der Waals surface area (Å²) in [5.74, 6) is 2.28. The molecule has 4 rings (SSSR count). The van der Waals surface area contributed by atoms with Crippen molar-refractivity contribution in [3.8, 4) is 10.6 Å². The number of thiazole rings is 1. The van der Waals surface area contributed by atoms with Crippen LogP contribution in [0, 0.1) is 5.92 Å². The summed E-state index contributed by atoms with van der Waals surface area (Å²) in [6, 6.07) is 9.77. The van der Waals surface area contributed by atoms with Crippen LogP contribution in [-0.2, 0) is 6.42 Å². The first-order valence-electron chi connectivity index (χ1n) is 9.72. The molecule has 0 spiro atoms. The molecule has 1 aliphatic heterocycles. The minimum atomic E-state index is 0.126. The summed E-state index contributed by atoms with van der Waals surface area (Å²) in [6.45, 7) is 4.61. The van der Waals surface area contributed by atoms with Gasteiger partial charge in [-0.1, -0.05) is 24.3 Å². The Hall–Kier alpha value is -2.51. The summed E-state index contributed by atoms with van der Waals surface area (Å²) in [6.07, 6.45) is 6.74. The molecule has 1 aliphatic rings. The van der Waals surface area contributed by atoms with Crippen molar-refractivity contribution in [2.24, 2.45) is 5.92 Å². The minimum absolute atomic E-state index is 0.126. The van der Waals surface area contributed by atoms with Crippen molar-refractivity contribution in [3.63, 3.8) is 0 Å². The van der Waals surface area contributed by atoms with Gasteiger partial charge in [-0.2, -0.15) is 0 Å². The summed E-state index contributed by atoms with van der Waals surface area (Å²) in [5.41, 5.74) is 1.95. The highest BCUT2D eigenvalue weighted by Gasteiger charge is 2.19. The Kier molecular flexibility index (Phi) is 5.83. The second-order valence-corrected chi connectivity index (χ2v) is 8.24. The maximum atomic E-state index is 9.11. The number of aliphatic hydroxyl groups excluding tert-OH is 1. The monoisotopic (exact) mass is 395 g/mol. The molecule has 0 saturated carbocycles. The maximum Gasteiger partial charge on any atom is 0.185 e. The molecule has 0 unspecified atom stereocenters. The first-order chi connectivity index (χ1) is 13.7. The van der Waals surface area contributed by atoms with Gasteiger partial charge >= 0.3 is 0 Å². The fourth-order valence-electron chi connectivity index (χ4n) is 3.33. The lowest BCUT2D eigenvalue weighted by Crippen LogP contribution is -2.32. The van der Waals surface area contributed by atoms with Gasteiger partial charge in [-0.25, -0.2) is 15.0 Å². The van der Waals surface area contributed by atoms with Crippen molar-refractivity contribution < 1.29 is 5.11 Å². The second kappa shape index (κ2) is 8.67. The number of aromatic nitrogens is 3. The largest absolute Gasteiger partial charge is 0.396 e. The third-order valence-electron chi connectivity index (χ3n) is 5.03. The SMILES string of the molecule is CC1CCN(c2ncc(-c3cccc(Nc4cc(CCO)ccn4)n3)s2)CC1. The molecule has 1 fully saturated rings. The van der Waals surface area contributed by atoms with Gasteiger partial charge in [0.1, 0.15) is 11.6 Å². The average molecular weight is 396 g/mol. The molecule has 146 valence electrons. The van der Waals surface area contributed by atoms with E-state index < -0.39 is 0 Å². The molecule has 7 heteroatoms. The molecule has 0 atom stereocenters. The molecule has 0 radical (unpaired) electrons. The quantitative estimate of drug-likeness (QED) is 0.654. The Labute approximate surface area is 169 Å². The van der Waals surface area contributed by atoms with Gasteiger partial charge in [-0.3, -0.25) is 0 Å². The minimum Gasteiger partial charge on any atom is -0.396 e. The summed E-state index contributed by atoms with van der Waals surface area (Å²) in [7, 11) is 0. The van der Waals surface area contributed by atoms with E-state index in [4.69, 9.17) is 10.1 Å². The van der Waals surface area contributed by atoms with Gasteiger partial charge < -0.3 is 15.3 Å². The fourth-order valence-corrected chi connectivity index (χ4v) is 4.27. The van der Waals surface area contributed by atoms with Crippen LogP contribution < -0.4 is 10.2 Å². The standard InChI is InChI=1S/C21H25N5OS/c1-15-6-10-26(11-7-15)21-23-14-18(28-21)17-3-2-4-19(24-17)25-20-13-16(8-12-27)5-9-22-20/h2-5,9,13-15,27H,6-8,10-12H2,1H3,(H,22,24,25). The Morgan fingerprint density at radius 3 is 2.86 bits per heavy atom. The molecule has 0 amide bonds. The van der Waals surface area contributed by atoms with Crippen molar-refractivity contribution in [2.75, 3.05) is 29.9 Å². The van der Waals surface area contributed by atoms with Gasteiger partial charge in [-0.15, -0.1) is 0 Å². The van der Waals surface area contributed by atoms with Crippen molar-refractivity contribution in [1.29, 1.82) is 0 Å². The lowest BCUT2D eigenvalue weighted by Gasteiger charge is -2.29. The van der Waals surface area contributed by atoms with Gasteiger partial charge in [0.25, 0.3) is 0 Å². The maximum absolute atomic E-state index is 9.11. The smallest absolute Gasteiger partial charge is 0.185 e. The van der Waals surface area contributed by atoms with Crippen LogP contribution in [0.25, 0.3) is 10.6 Å². The number of hydrogen-bond donors (Lipinski definition) is 2. The van der Waals surface area contributed by atoms with E-state index in [1.165, 1.54) is 12.8 Å². The van der Waals surface area contributed by atoms with E-state index in [1.807, 2.05) is 36.5 Å². The molecule has 0 aliphatic carbocycles. The zero-order chi connectivity index (χ0) is 19.3. The van der Waals surface area contributed by atoms with Gasteiger partial charge in [0, 0.05) is 32.1 Å². The van der Waals surface area contributed by atoms with E-state index in [0.717, 1.165) is 51.9 Å². The molecule has 4 heterocycles. The lowest BCUT2D eigenvalue weighted by molar-refractivity contribution is 0.299. The summed E-state index contributed by atoms with van der Waals surface area (Å²) in [5, 5.41) is 13.5. The second-order valence-electron chi connectivity index (χ2n) is 7.23. The number of anilines is 3. The molecule has 3 aromatic rings.